The van der Waals surface area contributed by atoms with Crippen molar-refractivity contribution in [2.75, 3.05) is 23.4 Å². The molecule has 0 aromatic carbocycles. The molecule has 1 nitrogen and oxygen atoms in total. The highest BCUT2D eigenvalue weighted by molar-refractivity contribution is 9.09. The third-order valence-electron chi connectivity index (χ3n) is 4.24. The van der Waals surface area contributed by atoms with E-state index in [0.29, 0.717) is 5.41 Å². The number of thioether (sulfide) groups is 1. The maximum absolute atomic E-state index is 6.09. The van der Waals surface area contributed by atoms with Crippen molar-refractivity contribution in [1.82, 2.24) is 0 Å². The van der Waals surface area contributed by atoms with E-state index >= 15 is 0 Å². The van der Waals surface area contributed by atoms with E-state index in [1.807, 2.05) is 0 Å². The zero-order valence-corrected chi connectivity index (χ0v) is 10.1. The van der Waals surface area contributed by atoms with Gasteiger partial charge in [-0.05, 0) is 36.7 Å². The molecule has 2 atom stereocenters. The van der Waals surface area contributed by atoms with Gasteiger partial charge in [-0.15, -0.1) is 0 Å². The first kappa shape index (κ1) is 9.05. The first-order chi connectivity index (χ1) is 6.33. The lowest BCUT2D eigenvalue weighted by Gasteiger charge is -2.40. The average molecular weight is 263 g/mol. The third kappa shape index (κ3) is 1.04. The van der Waals surface area contributed by atoms with Crippen molar-refractivity contribution >= 4 is 27.7 Å². The molecule has 0 amide bonds. The number of rotatable bonds is 1. The summed E-state index contributed by atoms with van der Waals surface area (Å²) in [6.07, 6.45) is 4.00. The van der Waals surface area contributed by atoms with Gasteiger partial charge in [-0.1, -0.05) is 15.9 Å². The highest BCUT2D eigenvalue weighted by Crippen LogP contribution is 2.69. The van der Waals surface area contributed by atoms with Gasteiger partial charge in [-0.25, -0.2) is 0 Å². The predicted molar refractivity (Wildman–Crippen MR) is 59.6 cm³/mol. The Kier molecular flexibility index (Phi) is 2.01. The van der Waals surface area contributed by atoms with E-state index in [4.69, 9.17) is 4.74 Å². The lowest BCUT2D eigenvalue weighted by molar-refractivity contribution is -0.0539. The van der Waals surface area contributed by atoms with Crippen LogP contribution in [0.1, 0.15) is 19.3 Å². The molecule has 3 heteroatoms. The van der Waals surface area contributed by atoms with Crippen LogP contribution in [0.2, 0.25) is 0 Å². The lowest BCUT2D eigenvalue weighted by Crippen LogP contribution is -2.43. The summed E-state index contributed by atoms with van der Waals surface area (Å²) < 4.78 is 6.09. The fourth-order valence-electron chi connectivity index (χ4n) is 3.19. The van der Waals surface area contributed by atoms with Crippen LogP contribution < -0.4 is 0 Å². The molecule has 74 valence electrons. The third-order valence-corrected chi connectivity index (χ3v) is 6.23. The Morgan fingerprint density at radius 2 is 2.15 bits per heavy atom. The van der Waals surface area contributed by atoms with Crippen molar-refractivity contribution in [2.45, 2.75) is 24.9 Å². The second-order valence-corrected chi connectivity index (χ2v) is 6.39. The van der Waals surface area contributed by atoms with E-state index in [2.05, 4.69) is 27.7 Å². The number of fused-ring (bicyclic) bond motifs is 2. The van der Waals surface area contributed by atoms with Crippen LogP contribution in [0, 0.1) is 11.3 Å². The number of halogens is 1. The van der Waals surface area contributed by atoms with Gasteiger partial charge in [0.05, 0.1) is 12.2 Å². The highest BCUT2D eigenvalue weighted by Gasteiger charge is 2.70. The first-order valence-corrected chi connectivity index (χ1v) is 7.38. The van der Waals surface area contributed by atoms with Crippen LogP contribution in [-0.2, 0) is 4.74 Å². The number of ether oxygens (including phenoxy) is 1. The molecule has 13 heavy (non-hydrogen) atoms. The fourth-order valence-corrected chi connectivity index (χ4v) is 5.54. The van der Waals surface area contributed by atoms with Gasteiger partial charge >= 0.3 is 0 Å². The normalized spacial score (nSPS) is 46.4. The molecule has 2 aliphatic heterocycles. The van der Waals surface area contributed by atoms with E-state index in [1.54, 1.807) is 0 Å². The molecule has 3 fully saturated rings. The van der Waals surface area contributed by atoms with Gasteiger partial charge in [-0.2, -0.15) is 11.8 Å². The van der Waals surface area contributed by atoms with E-state index in [1.165, 1.54) is 30.8 Å². The Bertz CT molecular complexity index is 223. The van der Waals surface area contributed by atoms with Crippen molar-refractivity contribution in [3.05, 3.63) is 0 Å². The van der Waals surface area contributed by atoms with Crippen LogP contribution >= 0.6 is 27.7 Å². The van der Waals surface area contributed by atoms with Gasteiger partial charge in [0, 0.05) is 10.7 Å². The van der Waals surface area contributed by atoms with Gasteiger partial charge in [-0.3, -0.25) is 0 Å². The molecule has 0 aromatic rings. The summed E-state index contributed by atoms with van der Waals surface area (Å²) in [4.78, 5) is 0. The van der Waals surface area contributed by atoms with Crippen molar-refractivity contribution in [2.24, 2.45) is 11.3 Å². The smallest absolute Gasteiger partial charge is 0.0765 e. The van der Waals surface area contributed by atoms with Crippen LogP contribution in [0.15, 0.2) is 0 Å². The Labute approximate surface area is 92.1 Å². The number of hydrogen-bond acceptors (Lipinski definition) is 2. The molecule has 2 saturated heterocycles. The molecule has 1 saturated carbocycles. The second kappa shape index (κ2) is 2.89. The topological polar surface area (TPSA) is 9.23 Å². The summed E-state index contributed by atoms with van der Waals surface area (Å²) in [7, 11) is 0. The van der Waals surface area contributed by atoms with Crippen LogP contribution in [-0.4, -0.2) is 29.0 Å². The molecule has 3 rings (SSSR count). The molecular formula is C10H15BrOS. The van der Waals surface area contributed by atoms with Crippen molar-refractivity contribution in [3.63, 3.8) is 0 Å². The van der Waals surface area contributed by atoms with Gasteiger partial charge < -0.3 is 4.74 Å². The van der Waals surface area contributed by atoms with Crippen molar-refractivity contribution in [3.8, 4) is 0 Å². The average Bonchev–Trinajstić information content (AvgIpc) is 2.86. The Hall–Kier alpha value is 0.790. The number of alkyl halides is 1. The zero-order valence-electron chi connectivity index (χ0n) is 7.72. The minimum atomic E-state index is 0.284. The number of hydrogen-bond donors (Lipinski definition) is 0. The molecule has 0 radical (unpaired) electrons. The summed E-state index contributed by atoms with van der Waals surface area (Å²) in [6, 6.07) is 0. The van der Waals surface area contributed by atoms with Gasteiger partial charge in [0.25, 0.3) is 0 Å². The van der Waals surface area contributed by atoms with E-state index < -0.39 is 0 Å². The Morgan fingerprint density at radius 3 is 2.77 bits per heavy atom. The molecule has 1 spiro atoms. The second-order valence-electron chi connectivity index (χ2n) is 4.61. The van der Waals surface area contributed by atoms with Gasteiger partial charge in [0.15, 0.2) is 0 Å². The molecule has 1 aliphatic carbocycles. The van der Waals surface area contributed by atoms with Gasteiger partial charge in [0.1, 0.15) is 0 Å². The summed E-state index contributed by atoms with van der Waals surface area (Å²) in [5, 5.41) is 1.16. The fraction of sp³-hybridized carbons (Fsp3) is 1.00. The highest BCUT2D eigenvalue weighted by atomic mass is 79.9. The summed E-state index contributed by atoms with van der Waals surface area (Å²) >= 11 is 5.79. The molecular weight excluding hydrogens is 248 g/mol. The molecule has 2 heterocycles. The van der Waals surface area contributed by atoms with Crippen molar-refractivity contribution in [1.29, 1.82) is 0 Å². The van der Waals surface area contributed by atoms with Crippen LogP contribution in [0.5, 0.6) is 0 Å². The quantitative estimate of drug-likeness (QED) is 0.673. The molecule has 0 N–H and O–H groups in total. The Balaban J connectivity index is 1.88. The molecule has 3 aliphatic rings. The van der Waals surface area contributed by atoms with Crippen LogP contribution in [0.25, 0.3) is 0 Å². The minimum absolute atomic E-state index is 0.284. The maximum Gasteiger partial charge on any atom is 0.0765 e. The monoisotopic (exact) mass is 262 g/mol. The van der Waals surface area contributed by atoms with E-state index in [9.17, 15) is 0 Å². The Morgan fingerprint density at radius 1 is 1.38 bits per heavy atom. The largest absolute Gasteiger partial charge is 0.374 e. The minimum Gasteiger partial charge on any atom is -0.374 e. The lowest BCUT2D eigenvalue weighted by atomic mass is 9.80. The van der Waals surface area contributed by atoms with Gasteiger partial charge in [0.2, 0.25) is 0 Å². The van der Waals surface area contributed by atoms with Crippen LogP contribution in [0.4, 0.5) is 0 Å². The predicted octanol–water partition coefficient (Wildman–Crippen LogP) is 2.68. The molecule has 2 unspecified atom stereocenters. The SMILES string of the molecule is BrCC12CC1COC21CCSCC1. The van der Waals surface area contributed by atoms with Crippen LogP contribution in [0.3, 0.4) is 0 Å². The summed E-state index contributed by atoms with van der Waals surface area (Å²) in [5.74, 6) is 3.50. The molecule has 0 bridgehead atoms. The zero-order chi connectivity index (χ0) is 8.94. The first-order valence-electron chi connectivity index (χ1n) is 5.11. The maximum atomic E-state index is 6.09. The standard InChI is InChI=1S/C10H15BrOS/c11-7-9-5-8(9)6-12-10(9)1-3-13-4-2-10/h8H,1-7H2. The summed E-state index contributed by atoms with van der Waals surface area (Å²) in [6.45, 7) is 1.04. The summed E-state index contributed by atoms with van der Waals surface area (Å²) in [5.41, 5.74) is 0.834. The van der Waals surface area contributed by atoms with E-state index in [0.717, 1.165) is 17.9 Å². The van der Waals surface area contributed by atoms with Crippen molar-refractivity contribution < 1.29 is 4.74 Å². The van der Waals surface area contributed by atoms with E-state index in [-0.39, 0.29) is 5.60 Å². The molecule has 0 aromatic heterocycles.